The van der Waals surface area contributed by atoms with Crippen molar-refractivity contribution in [3.05, 3.63) is 36.4 Å². The Morgan fingerprint density at radius 1 is 1.18 bits per heavy atom. The average Bonchev–Trinajstić information content (AvgIpc) is 3.37. The first kappa shape index (κ1) is 23.3. The summed E-state index contributed by atoms with van der Waals surface area (Å²) < 4.78 is 31.6. The Morgan fingerprint density at radius 2 is 2.00 bits per heavy atom. The van der Waals surface area contributed by atoms with Gasteiger partial charge in [0.05, 0.1) is 20.0 Å². The zero-order valence-electron chi connectivity index (χ0n) is 17.2. The number of anilines is 1. The Labute approximate surface area is 186 Å². The second kappa shape index (κ2) is 9.57. The van der Waals surface area contributed by atoms with E-state index in [2.05, 4.69) is 29.8 Å². The van der Waals surface area contributed by atoms with Crippen LogP contribution in [0.1, 0.15) is 5.56 Å². The van der Waals surface area contributed by atoms with Gasteiger partial charge in [-0.1, -0.05) is 6.07 Å². The van der Waals surface area contributed by atoms with Gasteiger partial charge in [-0.15, -0.1) is 0 Å². The fraction of sp³-hybridized carbons (Fsp3) is 0.389. The van der Waals surface area contributed by atoms with Gasteiger partial charge in [0.15, 0.2) is 23.0 Å². The molecule has 0 amide bonds. The molecule has 0 aliphatic carbocycles. The SMILES string of the molecule is COc1cc(CNc2ncnc3nc[nH]c23)ccc1OC1O[C@H](COP(=O)(O)O)[C@@H](O)[C@H]1O. The van der Waals surface area contributed by atoms with E-state index in [1.165, 1.54) is 19.8 Å². The molecule has 14 nitrogen and oxygen atoms in total. The van der Waals surface area contributed by atoms with Crippen molar-refractivity contribution in [2.75, 3.05) is 19.0 Å². The topological polar surface area (TPSA) is 201 Å². The number of phosphoric acid groups is 1. The Bertz CT molecular complexity index is 1160. The van der Waals surface area contributed by atoms with Crippen LogP contribution < -0.4 is 14.8 Å². The zero-order chi connectivity index (χ0) is 23.6. The molecule has 0 bridgehead atoms. The molecule has 1 aromatic carbocycles. The highest BCUT2D eigenvalue weighted by molar-refractivity contribution is 7.46. The Kier molecular flexibility index (Phi) is 6.76. The van der Waals surface area contributed by atoms with Crippen molar-refractivity contribution < 1.29 is 43.3 Å². The lowest BCUT2D eigenvalue weighted by molar-refractivity contribution is -0.116. The van der Waals surface area contributed by atoms with E-state index in [1.54, 1.807) is 18.2 Å². The molecule has 1 unspecified atom stereocenters. The summed E-state index contributed by atoms with van der Waals surface area (Å²) in [5.41, 5.74) is 2.04. The number of aliphatic hydroxyl groups is 2. The van der Waals surface area contributed by atoms with Gasteiger partial charge in [-0.2, -0.15) is 0 Å². The largest absolute Gasteiger partial charge is 0.493 e. The number of methoxy groups -OCH3 is 1. The molecule has 1 fully saturated rings. The summed E-state index contributed by atoms with van der Waals surface area (Å²) in [7, 11) is -3.32. The number of fused-ring (bicyclic) bond motifs is 1. The zero-order valence-corrected chi connectivity index (χ0v) is 18.1. The summed E-state index contributed by atoms with van der Waals surface area (Å²) in [6, 6.07) is 5.06. The standard InChI is InChI=1S/C18H22N5O9P/c1-29-11-4-9(5-19-16-13-17(21-7-20-13)23-8-22-16)2-3-10(11)31-18-15(25)14(24)12(32-18)6-30-33(26,27)28/h2-4,7-8,12,14-15,18,24-25H,5-6H2,1H3,(H2,26,27,28)(H2,19,20,21,22,23)/t12-,14-,15-,18?/m1/s1. The van der Waals surface area contributed by atoms with Crippen molar-refractivity contribution in [3.63, 3.8) is 0 Å². The van der Waals surface area contributed by atoms with Crippen LogP contribution in [0.25, 0.3) is 11.2 Å². The van der Waals surface area contributed by atoms with Gasteiger partial charge < -0.3 is 44.5 Å². The summed E-state index contributed by atoms with van der Waals surface area (Å²) in [5.74, 6) is 1.15. The van der Waals surface area contributed by atoms with Crippen LogP contribution in [0.2, 0.25) is 0 Å². The van der Waals surface area contributed by atoms with Crippen molar-refractivity contribution in [1.29, 1.82) is 0 Å². The number of aliphatic hydroxyl groups excluding tert-OH is 2. The second-order valence-corrected chi connectivity index (χ2v) is 8.33. The molecule has 178 valence electrons. The van der Waals surface area contributed by atoms with Crippen molar-refractivity contribution in [2.45, 2.75) is 31.1 Å². The third-order valence-electron chi connectivity index (χ3n) is 4.88. The van der Waals surface area contributed by atoms with Crippen molar-refractivity contribution >= 4 is 24.8 Å². The molecule has 1 aliphatic heterocycles. The number of nitrogens with one attached hydrogen (secondary N) is 2. The van der Waals surface area contributed by atoms with Crippen LogP contribution in [0.3, 0.4) is 0 Å². The maximum Gasteiger partial charge on any atom is 0.469 e. The molecule has 3 aromatic rings. The molecular weight excluding hydrogens is 461 g/mol. The molecular formula is C18H22N5O9P. The molecule has 1 saturated heterocycles. The molecule has 15 heteroatoms. The van der Waals surface area contributed by atoms with Crippen LogP contribution >= 0.6 is 7.82 Å². The van der Waals surface area contributed by atoms with Gasteiger partial charge in [-0.3, -0.25) is 4.52 Å². The normalized spacial score (nSPS) is 23.1. The monoisotopic (exact) mass is 483 g/mol. The van der Waals surface area contributed by atoms with Gasteiger partial charge in [0.25, 0.3) is 0 Å². The Morgan fingerprint density at radius 3 is 2.76 bits per heavy atom. The lowest BCUT2D eigenvalue weighted by Crippen LogP contribution is -2.35. The first-order valence-corrected chi connectivity index (χ1v) is 11.2. The number of rotatable bonds is 9. The third-order valence-corrected chi connectivity index (χ3v) is 5.37. The minimum absolute atomic E-state index is 0.229. The van der Waals surface area contributed by atoms with Crippen LogP contribution in [0.4, 0.5) is 5.82 Å². The predicted octanol–water partition coefficient (Wildman–Crippen LogP) is -0.0916. The van der Waals surface area contributed by atoms with E-state index in [0.29, 0.717) is 29.3 Å². The maximum atomic E-state index is 10.9. The van der Waals surface area contributed by atoms with Gasteiger partial charge in [0.2, 0.25) is 6.29 Å². The van der Waals surface area contributed by atoms with E-state index in [4.69, 9.17) is 24.0 Å². The van der Waals surface area contributed by atoms with Crippen LogP contribution in [0.5, 0.6) is 11.5 Å². The highest BCUT2D eigenvalue weighted by atomic mass is 31.2. The minimum atomic E-state index is -4.76. The molecule has 4 atom stereocenters. The average molecular weight is 483 g/mol. The molecule has 0 radical (unpaired) electrons. The summed E-state index contributed by atoms with van der Waals surface area (Å²) in [6.07, 6.45) is -2.52. The van der Waals surface area contributed by atoms with E-state index in [-0.39, 0.29) is 5.75 Å². The van der Waals surface area contributed by atoms with Crippen LogP contribution in [-0.2, 0) is 20.4 Å². The molecule has 2 aromatic heterocycles. The number of phosphoric ester groups is 1. The van der Waals surface area contributed by atoms with Crippen molar-refractivity contribution in [2.24, 2.45) is 0 Å². The number of nitrogens with zero attached hydrogens (tertiary/aromatic N) is 3. The summed E-state index contributed by atoms with van der Waals surface area (Å²) in [5, 5.41) is 23.4. The minimum Gasteiger partial charge on any atom is -0.493 e. The van der Waals surface area contributed by atoms with Crippen molar-refractivity contribution in [1.82, 2.24) is 19.9 Å². The quantitative estimate of drug-likeness (QED) is 0.221. The number of H-pyrrole nitrogens is 1. The first-order valence-electron chi connectivity index (χ1n) is 9.68. The number of ether oxygens (including phenoxy) is 3. The van der Waals surface area contributed by atoms with E-state index in [0.717, 1.165) is 5.56 Å². The van der Waals surface area contributed by atoms with Crippen LogP contribution in [-0.4, -0.2) is 78.3 Å². The number of hydrogen-bond donors (Lipinski definition) is 6. The van der Waals surface area contributed by atoms with E-state index >= 15 is 0 Å². The van der Waals surface area contributed by atoms with Gasteiger partial charge in [-0.05, 0) is 17.7 Å². The molecule has 0 spiro atoms. The first-order chi connectivity index (χ1) is 15.7. The highest BCUT2D eigenvalue weighted by Crippen LogP contribution is 2.38. The fourth-order valence-electron chi connectivity index (χ4n) is 3.25. The maximum absolute atomic E-state index is 10.9. The third kappa shape index (κ3) is 5.39. The van der Waals surface area contributed by atoms with Crippen LogP contribution in [0.15, 0.2) is 30.9 Å². The van der Waals surface area contributed by atoms with Crippen LogP contribution in [0, 0.1) is 0 Å². The van der Waals surface area contributed by atoms with E-state index < -0.39 is 39.0 Å². The summed E-state index contributed by atoms with van der Waals surface area (Å²) in [4.78, 5) is 32.9. The highest BCUT2D eigenvalue weighted by Gasteiger charge is 2.45. The predicted molar refractivity (Wildman–Crippen MR) is 111 cm³/mol. The fourth-order valence-corrected chi connectivity index (χ4v) is 3.59. The van der Waals surface area contributed by atoms with E-state index in [9.17, 15) is 14.8 Å². The molecule has 0 saturated carbocycles. The molecule has 33 heavy (non-hydrogen) atoms. The van der Waals surface area contributed by atoms with Crippen molar-refractivity contribution in [3.8, 4) is 11.5 Å². The van der Waals surface area contributed by atoms with Gasteiger partial charge in [0.1, 0.15) is 30.2 Å². The smallest absolute Gasteiger partial charge is 0.469 e. The Balaban J connectivity index is 1.41. The van der Waals surface area contributed by atoms with Gasteiger partial charge >= 0.3 is 7.82 Å². The Hall–Kier alpha value is -2.84. The second-order valence-electron chi connectivity index (χ2n) is 7.09. The molecule has 3 heterocycles. The van der Waals surface area contributed by atoms with Gasteiger partial charge in [0, 0.05) is 6.54 Å². The molecule has 6 N–H and O–H groups in total. The number of aromatic nitrogens is 4. The van der Waals surface area contributed by atoms with Gasteiger partial charge in [-0.25, -0.2) is 19.5 Å². The summed E-state index contributed by atoms with van der Waals surface area (Å²) in [6.45, 7) is -0.235. The summed E-state index contributed by atoms with van der Waals surface area (Å²) >= 11 is 0. The molecule has 1 aliphatic rings. The number of hydrogen-bond acceptors (Lipinski definition) is 11. The lowest BCUT2D eigenvalue weighted by Gasteiger charge is -2.19. The molecule has 4 rings (SSSR count). The van der Waals surface area contributed by atoms with E-state index in [1.807, 2.05) is 0 Å². The number of benzene rings is 1. The number of imidazole rings is 1. The number of aromatic amines is 1. The lowest BCUT2D eigenvalue weighted by atomic mass is 10.1.